The average Bonchev–Trinajstić information content (AvgIpc) is 2.42. The Hall–Kier alpha value is -1.20. The van der Waals surface area contributed by atoms with Gasteiger partial charge >= 0.3 is 0 Å². The van der Waals surface area contributed by atoms with Crippen molar-refractivity contribution in [1.29, 1.82) is 0 Å². The fourth-order valence-electron chi connectivity index (χ4n) is 1.63. The van der Waals surface area contributed by atoms with Crippen molar-refractivity contribution in [3.8, 4) is 5.75 Å². The third-order valence-electron chi connectivity index (χ3n) is 2.59. The summed E-state index contributed by atoms with van der Waals surface area (Å²) in [7, 11) is 1.72. The average molecular weight is 238 g/mol. The number of rotatable bonds is 1. The molecule has 1 aliphatic heterocycles. The summed E-state index contributed by atoms with van der Waals surface area (Å²) in [6.45, 7) is 0.231. The molecule has 0 aliphatic carbocycles. The smallest absolute Gasteiger partial charge is 0.247 e. The highest BCUT2D eigenvalue weighted by Crippen LogP contribution is 2.33. The standard InChI is InChI=1S/C11H14N2O2S/c1-13-9-5-7(16-2)3-4-10(9)15-6-8(12)11(13)14/h3-5,8H,6,12H2,1-2H3. The number of carbonyl (C=O) groups is 1. The minimum Gasteiger partial charge on any atom is -0.489 e. The summed E-state index contributed by atoms with van der Waals surface area (Å²) >= 11 is 1.63. The van der Waals surface area contributed by atoms with Crippen LogP contribution in [0.1, 0.15) is 0 Å². The van der Waals surface area contributed by atoms with E-state index in [9.17, 15) is 4.79 Å². The second-order valence-electron chi connectivity index (χ2n) is 3.65. The Balaban J connectivity index is 2.45. The van der Waals surface area contributed by atoms with Crippen LogP contribution in [0.5, 0.6) is 5.75 Å². The van der Waals surface area contributed by atoms with Gasteiger partial charge in [0.05, 0.1) is 5.69 Å². The summed E-state index contributed by atoms with van der Waals surface area (Å²) in [5, 5.41) is 0. The van der Waals surface area contributed by atoms with Crippen molar-refractivity contribution in [3.63, 3.8) is 0 Å². The van der Waals surface area contributed by atoms with Crippen LogP contribution in [0.2, 0.25) is 0 Å². The minimum absolute atomic E-state index is 0.114. The molecule has 0 radical (unpaired) electrons. The number of thioether (sulfide) groups is 1. The van der Waals surface area contributed by atoms with Crippen LogP contribution in [0.3, 0.4) is 0 Å². The second kappa shape index (κ2) is 4.35. The Morgan fingerprint density at radius 3 is 3.00 bits per heavy atom. The van der Waals surface area contributed by atoms with E-state index in [1.807, 2.05) is 24.5 Å². The van der Waals surface area contributed by atoms with E-state index in [-0.39, 0.29) is 12.5 Å². The number of fused-ring (bicyclic) bond motifs is 1. The summed E-state index contributed by atoms with van der Waals surface area (Å²) in [6.07, 6.45) is 1.99. The van der Waals surface area contributed by atoms with Crippen molar-refractivity contribution in [1.82, 2.24) is 0 Å². The Morgan fingerprint density at radius 2 is 2.31 bits per heavy atom. The van der Waals surface area contributed by atoms with Gasteiger partial charge in [-0.05, 0) is 24.5 Å². The Labute approximate surface area is 98.7 Å². The highest BCUT2D eigenvalue weighted by molar-refractivity contribution is 7.98. The zero-order chi connectivity index (χ0) is 11.7. The summed E-state index contributed by atoms with van der Waals surface area (Å²) < 4.78 is 5.50. The number of carbonyl (C=O) groups excluding carboxylic acids is 1. The zero-order valence-electron chi connectivity index (χ0n) is 9.27. The topological polar surface area (TPSA) is 55.6 Å². The molecule has 86 valence electrons. The number of benzene rings is 1. The molecule has 5 heteroatoms. The molecule has 1 heterocycles. The van der Waals surface area contributed by atoms with Gasteiger partial charge in [-0.1, -0.05) is 0 Å². The molecule has 1 atom stereocenters. The maximum atomic E-state index is 11.8. The van der Waals surface area contributed by atoms with E-state index in [1.54, 1.807) is 23.7 Å². The van der Waals surface area contributed by atoms with Crippen LogP contribution in [-0.4, -0.2) is 31.9 Å². The van der Waals surface area contributed by atoms with Gasteiger partial charge in [0.15, 0.2) is 0 Å². The molecule has 16 heavy (non-hydrogen) atoms. The van der Waals surface area contributed by atoms with Crippen LogP contribution in [-0.2, 0) is 4.79 Å². The molecule has 1 aromatic rings. The summed E-state index contributed by atoms with van der Waals surface area (Å²) in [6, 6.07) is 5.20. The van der Waals surface area contributed by atoms with Gasteiger partial charge in [0.1, 0.15) is 18.4 Å². The van der Waals surface area contributed by atoms with E-state index >= 15 is 0 Å². The Morgan fingerprint density at radius 1 is 1.56 bits per heavy atom. The number of anilines is 1. The normalized spacial score (nSPS) is 20.1. The molecule has 4 nitrogen and oxygen atoms in total. The monoisotopic (exact) mass is 238 g/mol. The van der Waals surface area contributed by atoms with Crippen LogP contribution in [0, 0.1) is 0 Å². The molecule has 0 bridgehead atoms. The van der Waals surface area contributed by atoms with E-state index in [4.69, 9.17) is 10.5 Å². The van der Waals surface area contributed by atoms with Crippen LogP contribution < -0.4 is 15.4 Å². The van der Waals surface area contributed by atoms with Gasteiger partial charge in [0, 0.05) is 11.9 Å². The highest BCUT2D eigenvalue weighted by Gasteiger charge is 2.26. The predicted molar refractivity (Wildman–Crippen MR) is 65.1 cm³/mol. The first kappa shape index (κ1) is 11.3. The largest absolute Gasteiger partial charge is 0.489 e. The molecule has 1 aromatic carbocycles. The number of nitrogens with zero attached hydrogens (tertiary/aromatic N) is 1. The van der Waals surface area contributed by atoms with Crippen molar-refractivity contribution in [2.75, 3.05) is 24.8 Å². The lowest BCUT2D eigenvalue weighted by molar-refractivity contribution is -0.119. The number of hydrogen-bond acceptors (Lipinski definition) is 4. The van der Waals surface area contributed by atoms with Crippen LogP contribution in [0.25, 0.3) is 0 Å². The molecule has 2 N–H and O–H groups in total. The van der Waals surface area contributed by atoms with Crippen molar-refractivity contribution in [3.05, 3.63) is 18.2 Å². The fourth-order valence-corrected chi connectivity index (χ4v) is 2.06. The first-order valence-electron chi connectivity index (χ1n) is 4.97. The second-order valence-corrected chi connectivity index (χ2v) is 4.53. The lowest BCUT2D eigenvalue weighted by Crippen LogP contribution is -2.43. The summed E-state index contributed by atoms with van der Waals surface area (Å²) in [5.74, 6) is 0.596. The molecular weight excluding hydrogens is 224 g/mol. The highest BCUT2D eigenvalue weighted by atomic mass is 32.2. The van der Waals surface area contributed by atoms with E-state index < -0.39 is 6.04 Å². The third kappa shape index (κ3) is 1.88. The molecule has 1 aliphatic rings. The van der Waals surface area contributed by atoms with E-state index in [2.05, 4.69) is 0 Å². The Kier molecular flexibility index (Phi) is 3.07. The molecule has 0 saturated carbocycles. The molecule has 1 unspecified atom stereocenters. The molecule has 0 saturated heterocycles. The number of hydrogen-bond donors (Lipinski definition) is 1. The number of likely N-dealkylation sites (N-methyl/N-ethyl adjacent to an activating group) is 1. The van der Waals surface area contributed by atoms with Crippen molar-refractivity contribution in [2.24, 2.45) is 5.73 Å². The molecule has 2 rings (SSSR count). The lowest BCUT2D eigenvalue weighted by Gasteiger charge is -2.18. The summed E-state index contributed by atoms with van der Waals surface area (Å²) in [5.41, 5.74) is 6.48. The van der Waals surface area contributed by atoms with Crippen molar-refractivity contribution in [2.45, 2.75) is 10.9 Å². The molecule has 1 amide bonds. The van der Waals surface area contributed by atoms with Gasteiger partial charge in [-0.15, -0.1) is 11.8 Å². The predicted octanol–water partition coefficient (Wildman–Crippen LogP) is 1.09. The van der Waals surface area contributed by atoms with Gasteiger partial charge in [-0.2, -0.15) is 0 Å². The quantitative estimate of drug-likeness (QED) is 0.744. The van der Waals surface area contributed by atoms with Crippen LogP contribution in [0.15, 0.2) is 23.1 Å². The van der Waals surface area contributed by atoms with Crippen LogP contribution in [0.4, 0.5) is 5.69 Å². The van der Waals surface area contributed by atoms with Gasteiger partial charge in [-0.25, -0.2) is 0 Å². The van der Waals surface area contributed by atoms with E-state index in [1.165, 1.54) is 0 Å². The maximum Gasteiger partial charge on any atom is 0.247 e. The number of nitrogens with two attached hydrogens (primary N) is 1. The number of amides is 1. The first-order valence-corrected chi connectivity index (χ1v) is 6.20. The molecule has 0 spiro atoms. The lowest BCUT2D eigenvalue weighted by atomic mass is 10.2. The number of ether oxygens (including phenoxy) is 1. The van der Waals surface area contributed by atoms with Gasteiger partial charge in [-0.3, -0.25) is 4.79 Å². The van der Waals surface area contributed by atoms with Gasteiger partial charge < -0.3 is 15.4 Å². The van der Waals surface area contributed by atoms with Gasteiger partial charge in [0.25, 0.3) is 0 Å². The third-order valence-corrected chi connectivity index (χ3v) is 3.32. The Bertz CT molecular complexity index is 422. The summed E-state index contributed by atoms with van der Waals surface area (Å²) in [4.78, 5) is 14.5. The fraction of sp³-hybridized carbons (Fsp3) is 0.364. The molecule has 0 fully saturated rings. The van der Waals surface area contributed by atoms with Crippen molar-refractivity contribution >= 4 is 23.4 Å². The SMILES string of the molecule is CSc1ccc2c(c1)N(C)C(=O)C(N)CO2. The van der Waals surface area contributed by atoms with E-state index in [0.717, 1.165) is 10.6 Å². The first-order chi connectivity index (χ1) is 7.63. The zero-order valence-corrected chi connectivity index (χ0v) is 10.1. The van der Waals surface area contributed by atoms with Crippen LogP contribution >= 0.6 is 11.8 Å². The molecular formula is C11H14N2O2S. The van der Waals surface area contributed by atoms with Crippen molar-refractivity contribution < 1.29 is 9.53 Å². The molecule has 0 aromatic heterocycles. The van der Waals surface area contributed by atoms with Gasteiger partial charge in [0.2, 0.25) is 5.91 Å². The maximum absolute atomic E-state index is 11.8. The minimum atomic E-state index is -0.588. The van der Waals surface area contributed by atoms with E-state index in [0.29, 0.717) is 5.75 Å².